The fraction of sp³-hybridized carbons (Fsp3) is 0.571. The lowest BCUT2D eigenvalue weighted by molar-refractivity contribution is 0.405. The van der Waals surface area contributed by atoms with E-state index in [9.17, 15) is 0 Å². The number of hydrogen-bond acceptors (Lipinski definition) is 3. The first kappa shape index (κ1) is 12.9. The lowest BCUT2D eigenvalue weighted by Crippen LogP contribution is -2.50. The largest absolute Gasteiger partial charge is 0.271 e. The highest BCUT2D eigenvalue weighted by atomic mass is 32.2. The molecule has 2 nitrogen and oxygen atoms in total. The summed E-state index contributed by atoms with van der Waals surface area (Å²) >= 11 is 2.06. The van der Waals surface area contributed by atoms with E-state index in [2.05, 4.69) is 55.3 Å². The zero-order valence-corrected chi connectivity index (χ0v) is 11.5. The van der Waals surface area contributed by atoms with Crippen LogP contribution in [0.2, 0.25) is 0 Å². The molecule has 1 aliphatic heterocycles. The van der Waals surface area contributed by atoms with Gasteiger partial charge in [-0.25, -0.2) is 0 Å². The van der Waals surface area contributed by atoms with Gasteiger partial charge in [0.1, 0.15) is 0 Å². The van der Waals surface area contributed by atoms with Crippen molar-refractivity contribution in [2.75, 3.05) is 5.75 Å². The molecule has 1 aromatic rings. The SMILES string of the molecule is Cc1ccccc1CC(NN)C1(C)CCCS1. The molecule has 0 spiro atoms. The summed E-state index contributed by atoms with van der Waals surface area (Å²) in [5.74, 6) is 7.04. The minimum atomic E-state index is 0.289. The predicted octanol–water partition coefficient (Wildman–Crippen LogP) is 2.66. The van der Waals surface area contributed by atoms with Crippen LogP contribution in [0.1, 0.15) is 30.9 Å². The van der Waals surface area contributed by atoms with Crippen molar-refractivity contribution in [2.45, 2.75) is 43.9 Å². The van der Waals surface area contributed by atoms with E-state index in [0.29, 0.717) is 6.04 Å². The molecule has 0 saturated carbocycles. The lowest BCUT2D eigenvalue weighted by Gasteiger charge is -2.33. The van der Waals surface area contributed by atoms with Gasteiger partial charge >= 0.3 is 0 Å². The minimum Gasteiger partial charge on any atom is -0.271 e. The molecule has 0 bridgehead atoms. The molecule has 0 amide bonds. The standard InChI is InChI=1S/C14H22N2S/c1-11-6-3-4-7-12(11)10-13(16-15)14(2)8-5-9-17-14/h3-4,6-7,13,16H,5,8-10,15H2,1-2H3. The van der Waals surface area contributed by atoms with Crippen LogP contribution in [-0.4, -0.2) is 16.5 Å². The van der Waals surface area contributed by atoms with Crippen molar-refractivity contribution in [1.82, 2.24) is 5.43 Å². The number of aryl methyl sites for hydroxylation is 1. The van der Waals surface area contributed by atoms with Gasteiger partial charge in [0.15, 0.2) is 0 Å². The van der Waals surface area contributed by atoms with Crippen LogP contribution in [0.5, 0.6) is 0 Å². The molecule has 1 saturated heterocycles. The van der Waals surface area contributed by atoms with Gasteiger partial charge in [-0.3, -0.25) is 11.3 Å². The molecule has 17 heavy (non-hydrogen) atoms. The van der Waals surface area contributed by atoms with Crippen LogP contribution in [0.15, 0.2) is 24.3 Å². The summed E-state index contributed by atoms with van der Waals surface area (Å²) in [6.45, 7) is 4.51. The quantitative estimate of drug-likeness (QED) is 0.637. The fourth-order valence-corrected chi connectivity index (χ4v) is 3.98. The lowest BCUT2D eigenvalue weighted by atomic mass is 9.90. The van der Waals surface area contributed by atoms with Gasteiger partial charge in [0.2, 0.25) is 0 Å². The van der Waals surface area contributed by atoms with E-state index in [1.807, 2.05) is 0 Å². The van der Waals surface area contributed by atoms with Crippen LogP contribution in [-0.2, 0) is 6.42 Å². The van der Waals surface area contributed by atoms with Crippen molar-refractivity contribution in [3.63, 3.8) is 0 Å². The van der Waals surface area contributed by atoms with E-state index < -0.39 is 0 Å². The first-order valence-electron chi connectivity index (χ1n) is 6.30. The Bertz CT molecular complexity index is 372. The number of thioether (sulfide) groups is 1. The number of hydrogen-bond donors (Lipinski definition) is 2. The summed E-state index contributed by atoms with van der Waals surface area (Å²) in [4.78, 5) is 0. The number of nitrogens with two attached hydrogens (primary N) is 1. The Labute approximate surface area is 108 Å². The monoisotopic (exact) mass is 250 g/mol. The maximum atomic E-state index is 5.77. The van der Waals surface area contributed by atoms with Crippen LogP contribution in [0.3, 0.4) is 0 Å². The van der Waals surface area contributed by atoms with Crippen LogP contribution >= 0.6 is 11.8 Å². The zero-order valence-electron chi connectivity index (χ0n) is 10.7. The van der Waals surface area contributed by atoms with E-state index >= 15 is 0 Å². The topological polar surface area (TPSA) is 38.0 Å². The van der Waals surface area contributed by atoms with Gasteiger partial charge in [-0.2, -0.15) is 11.8 Å². The first-order chi connectivity index (χ1) is 8.15. The average Bonchev–Trinajstić information content (AvgIpc) is 2.76. The Morgan fingerprint density at radius 2 is 2.24 bits per heavy atom. The van der Waals surface area contributed by atoms with Gasteiger partial charge in [0, 0.05) is 10.8 Å². The summed E-state index contributed by atoms with van der Waals surface area (Å²) in [7, 11) is 0. The van der Waals surface area contributed by atoms with E-state index in [1.54, 1.807) is 0 Å². The highest BCUT2D eigenvalue weighted by molar-refractivity contribution is 8.00. The molecule has 94 valence electrons. The van der Waals surface area contributed by atoms with E-state index in [4.69, 9.17) is 5.84 Å². The van der Waals surface area contributed by atoms with E-state index in [0.717, 1.165) is 6.42 Å². The molecular formula is C14H22N2S. The second-order valence-corrected chi connectivity index (χ2v) is 6.74. The molecule has 2 atom stereocenters. The maximum absolute atomic E-state index is 5.77. The third kappa shape index (κ3) is 2.84. The number of rotatable bonds is 4. The Morgan fingerprint density at radius 3 is 2.82 bits per heavy atom. The molecule has 3 heteroatoms. The highest BCUT2D eigenvalue weighted by Crippen LogP contribution is 2.41. The molecule has 0 radical (unpaired) electrons. The van der Waals surface area contributed by atoms with Gasteiger partial charge in [0.05, 0.1) is 0 Å². The van der Waals surface area contributed by atoms with Crippen molar-refractivity contribution in [1.29, 1.82) is 0 Å². The third-order valence-corrected chi connectivity index (χ3v) is 5.51. The molecule has 1 aliphatic rings. The van der Waals surface area contributed by atoms with Gasteiger partial charge in [0.25, 0.3) is 0 Å². The van der Waals surface area contributed by atoms with Crippen LogP contribution < -0.4 is 11.3 Å². The molecule has 0 aromatic heterocycles. The van der Waals surface area contributed by atoms with E-state index in [1.165, 1.54) is 29.7 Å². The number of nitrogens with one attached hydrogen (secondary N) is 1. The Morgan fingerprint density at radius 1 is 1.47 bits per heavy atom. The summed E-state index contributed by atoms with van der Waals surface area (Å²) in [6.07, 6.45) is 3.60. The second kappa shape index (κ2) is 5.42. The van der Waals surface area contributed by atoms with Crippen molar-refractivity contribution in [3.8, 4) is 0 Å². The van der Waals surface area contributed by atoms with Gasteiger partial charge in [-0.05, 0) is 50.0 Å². The normalized spacial score (nSPS) is 26.1. The molecule has 3 N–H and O–H groups in total. The van der Waals surface area contributed by atoms with Crippen LogP contribution in [0, 0.1) is 6.92 Å². The zero-order chi connectivity index (χ0) is 12.3. The first-order valence-corrected chi connectivity index (χ1v) is 7.29. The smallest absolute Gasteiger partial charge is 0.0395 e. The second-order valence-electron chi connectivity index (χ2n) is 5.11. The predicted molar refractivity (Wildman–Crippen MR) is 76.1 cm³/mol. The Balaban J connectivity index is 2.12. The fourth-order valence-electron chi connectivity index (χ4n) is 2.59. The van der Waals surface area contributed by atoms with Crippen molar-refractivity contribution in [2.24, 2.45) is 5.84 Å². The summed E-state index contributed by atoms with van der Waals surface area (Å²) in [5, 5.41) is 0. The summed E-state index contributed by atoms with van der Waals surface area (Å²) in [6, 6.07) is 8.95. The van der Waals surface area contributed by atoms with Gasteiger partial charge in [-0.1, -0.05) is 24.3 Å². The molecule has 1 fully saturated rings. The van der Waals surface area contributed by atoms with Crippen molar-refractivity contribution < 1.29 is 0 Å². The molecule has 2 unspecified atom stereocenters. The molecule has 0 aliphatic carbocycles. The minimum absolute atomic E-state index is 0.289. The summed E-state index contributed by atoms with van der Waals surface area (Å²) < 4.78 is 0.289. The van der Waals surface area contributed by atoms with Crippen LogP contribution in [0.25, 0.3) is 0 Å². The molecule has 1 heterocycles. The van der Waals surface area contributed by atoms with Gasteiger partial charge in [-0.15, -0.1) is 0 Å². The Hall–Kier alpha value is -0.510. The number of benzene rings is 1. The maximum Gasteiger partial charge on any atom is 0.0395 e. The molecular weight excluding hydrogens is 228 g/mol. The summed E-state index contributed by atoms with van der Waals surface area (Å²) in [5.41, 5.74) is 5.81. The average molecular weight is 250 g/mol. The van der Waals surface area contributed by atoms with Gasteiger partial charge < -0.3 is 0 Å². The van der Waals surface area contributed by atoms with Crippen LogP contribution in [0.4, 0.5) is 0 Å². The van der Waals surface area contributed by atoms with Crippen molar-refractivity contribution >= 4 is 11.8 Å². The molecule has 1 aromatic carbocycles. The van der Waals surface area contributed by atoms with E-state index in [-0.39, 0.29) is 4.75 Å². The Kier molecular flexibility index (Phi) is 4.13. The van der Waals surface area contributed by atoms with Crippen molar-refractivity contribution in [3.05, 3.63) is 35.4 Å². The third-order valence-electron chi connectivity index (χ3n) is 3.87. The number of hydrazine groups is 1. The molecule has 2 rings (SSSR count). The highest BCUT2D eigenvalue weighted by Gasteiger charge is 2.37.